The minimum atomic E-state index is -3.46. The van der Waals surface area contributed by atoms with Crippen LogP contribution in [0.2, 0.25) is 0 Å². The standard InChI is InChI=1S/C13H20N2O3S/c1-14-9-10-4-7-13(12(8-10)18-3)19(16,17)15(2)11-5-6-11/h4,7-8,11,14H,5-6,9H2,1-3H3. The summed E-state index contributed by atoms with van der Waals surface area (Å²) in [7, 11) is 1.51. The number of sulfonamides is 1. The fraction of sp³-hybridized carbons (Fsp3) is 0.538. The molecule has 1 aliphatic rings. The van der Waals surface area contributed by atoms with Crippen molar-refractivity contribution in [2.75, 3.05) is 21.2 Å². The summed E-state index contributed by atoms with van der Waals surface area (Å²) in [4.78, 5) is 0.240. The zero-order chi connectivity index (χ0) is 14.0. The van der Waals surface area contributed by atoms with E-state index in [1.165, 1.54) is 11.4 Å². The Bertz CT molecular complexity index is 553. The van der Waals surface area contributed by atoms with Crippen molar-refractivity contribution in [1.29, 1.82) is 0 Å². The van der Waals surface area contributed by atoms with Crippen LogP contribution in [0.3, 0.4) is 0 Å². The highest BCUT2D eigenvalue weighted by molar-refractivity contribution is 7.89. The highest BCUT2D eigenvalue weighted by Gasteiger charge is 2.36. The first-order valence-corrected chi connectivity index (χ1v) is 7.74. The summed E-state index contributed by atoms with van der Waals surface area (Å²) < 4.78 is 31.7. The highest BCUT2D eigenvalue weighted by Crippen LogP contribution is 2.34. The first-order chi connectivity index (χ1) is 9.00. The van der Waals surface area contributed by atoms with Gasteiger partial charge in [0.15, 0.2) is 0 Å². The summed E-state index contributed by atoms with van der Waals surface area (Å²) >= 11 is 0. The van der Waals surface area contributed by atoms with Crippen LogP contribution in [0.25, 0.3) is 0 Å². The van der Waals surface area contributed by atoms with Crippen molar-refractivity contribution >= 4 is 10.0 Å². The Labute approximate surface area is 114 Å². The van der Waals surface area contributed by atoms with Gasteiger partial charge in [-0.25, -0.2) is 8.42 Å². The van der Waals surface area contributed by atoms with Crippen LogP contribution < -0.4 is 10.1 Å². The maximum Gasteiger partial charge on any atom is 0.246 e. The number of ether oxygens (including phenoxy) is 1. The molecule has 0 saturated heterocycles. The molecule has 1 aromatic carbocycles. The van der Waals surface area contributed by atoms with Crippen LogP contribution in [-0.4, -0.2) is 40.0 Å². The molecule has 0 amide bonds. The molecule has 19 heavy (non-hydrogen) atoms. The van der Waals surface area contributed by atoms with E-state index < -0.39 is 10.0 Å². The van der Waals surface area contributed by atoms with Crippen LogP contribution in [0.5, 0.6) is 5.75 Å². The van der Waals surface area contributed by atoms with Crippen molar-refractivity contribution in [3.05, 3.63) is 23.8 Å². The zero-order valence-corrected chi connectivity index (χ0v) is 12.3. The molecule has 1 aromatic rings. The van der Waals surface area contributed by atoms with Gasteiger partial charge in [-0.1, -0.05) is 6.07 Å². The minimum Gasteiger partial charge on any atom is -0.495 e. The molecular formula is C13H20N2O3S. The summed E-state index contributed by atoms with van der Waals surface area (Å²) in [5.74, 6) is 0.403. The van der Waals surface area contributed by atoms with E-state index in [4.69, 9.17) is 4.74 Å². The van der Waals surface area contributed by atoms with E-state index in [1.54, 1.807) is 19.2 Å². The van der Waals surface area contributed by atoms with E-state index in [2.05, 4.69) is 5.32 Å². The van der Waals surface area contributed by atoms with Gasteiger partial charge in [0.2, 0.25) is 10.0 Å². The van der Waals surface area contributed by atoms with Gasteiger partial charge in [0.05, 0.1) is 7.11 Å². The van der Waals surface area contributed by atoms with Crippen molar-refractivity contribution in [2.24, 2.45) is 0 Å². The Morgan fingerprint density at radius 1 is 1.42 bits per heavy atom. The molecule has 0 aliphatic heterocycles. The molecule has 5 nitrogen and oxygen atoms in total. The number of hydrogen-bond donors (Lipinski definition) is 1. The smallest absolute Gasteiger partial charge is 0.246 e. The molecule has 0 bridgehead atoms. The number of hydrogen-bond acceptors (Lipinski definition) is 4. The number of methoxy groups -OCH3 is 1. The lowest BCUT2D eigenvalue weighted by Gasteiger charge is -2.18. The molecule has 2 rings (SSSR count). The van der Waals surface area contributed by atoms with Gasteiger partial charge in [-0.3, -0.25) is 0 Å². The molecule has 1 aliphatic carbocycles. The van der Waals surface area contributed by atoms with Gasteiger partial charge in [0.25, 0.3) is 0 Å². The van der Waals surface area contributed by atoms with E-state index in [0.717, 1.165) is 18.4 Å². The van der Waals surface area contributed by atoms with Crippen molar-refractivity contribution in [2.45, 2.75) is 30.3 Å². The molecule has 106 valence electrons. The average Bonchev–Trinajstić information content (AvgIpc) is 3.22. The predicted octanol–water partition coefficient (Wildman–Crippen LogP) is 1.20. The van der Waals surface area contributed by atoms with Crippen molar-refractivity contribution in [1.82, 2.24) is 9.62 Å². The molecule has 1 fully saturated rings. The van der Waals surface area contributed by atoms with E-state index in [1.807, 2.05) is 13.1 Å². The molecule has 1 N–H and O–H groups in total. The molecule has 0 aromatic heterocycles. The number of nitrogens with zero attached hydrogens (tertiary/aromatic N) is 1. The summed E-state index contributed by atoms with van der Waals surface area (Å²) in [6, 6.07) is 5.35. The topological polar surface area (TPSA) is 58.6 Å². The lowest BCUT2D eigenvalue weighted by molar-refractivity contribution is 0.396. The Hall–Kier alpha value is -1.11. The summed E-state index contributed by atoms with van der Waals surface area (Å²) in [6.07, 6.45) is 1.88. The second kappa shape index (κ2) is 5.48. The molecule has 0 radical (unpaired) electrons. The number of nitrogens with one attached hydrogen (secondary N) is 1. The molecule has 0 heterocycles. The van der Waals surface area contributed by atoms with Gasteiger partial charge in [0.1, 0.15) is 10.6 Å². The van der Waals surface area contributed by atoms with E-state index in [9.17, 15) is 8.42 Å². The monoisotopic (exact) mass is 284 g/mol. The fourth-order valence-electron chi connectivity index (χ4n) is 2.03. The quantitative estimate of drug-likeness (QED) is 0.852. The van der Waals surface area contributed by atoms with Crippen LogP contribution in [0.15, 0.2) is 23.1 Å². The van der Waals surface area contributed by atoms with Crippen molar-refractivity contribution in [3.63, 3.8) is 0 Å². The SMILES string of the molecule is CNCc1ccc(S(=O)(=O)N(C)C2CC2)c(OC)c1. The van der Waals surface area contributed by atoms with E-state index in [-0.39, 0.29) is 10.9 Å². The fourth-order valence-corrected chi connectivity index (χ4v) is 3.58. The third-order valence-electron chi connectivity index (χ3n) is 3.33. The summed E-state index contributed by atoms with van der Waals surface area (Å²) in [5, 5.41) is 3.03. The van der Waals surface area contributed by atoms with Crippen LogP contribution >= 0.6 is 0 Å². The maximum absolute atomic E-state index is 12.5. The second-order valence-corrected chi connectivity index (χ2v) is 6.73. The zero-order valence-electron chi connectivity index (χ0n) is 11.5. The molecule has 0 atom stereocenters. The van der Waals surface area contributed by atoms with Gasteiger partial charge < -0.3 is 10.1 Å². The summed E-state index contributed by atoms with van der Waals surface area (Å²) in [5.41, 5.74) is 0.993. The Morgan fingerprint density at radius 2 is 2.11 bits per heavy atom. The minimum absolute atomic E-state index is 0.145. The lowest BCUT2D eigenvalue weighted by Crippen LogP contribution is -2.29. The molecule has 0 spiro atoms. The van der Waals surface area contributed by atoms with Gasteiger partial charge >= 0.3 is 0 Å². The summed E-state index contributed by atoms with van der Waals surface area (Å²) in [6.45, 7) is 0.676. The Kier molecular flexibility index (Phi) is 4.13. The third-order valence-corrected chi connectivity index (χ3v) is 5.28. The van der Waals surface area contributed by atoms with Gasteiger partial charge in [-0.05, 0) is 37.6 Å². The Balaban J connectivity index is 2.38. The molecule has 1 saturated carbocycles. The number of rotatable bonds is 6. The van der Waals surface area contributed by atoms with Crippen LogP contribution in [0.4, 0.5) is 0 Å². The van der Waals surface area contributed by atoms with E-state index in [0.29, 0.717) is 12.3 Å². The normalized spacial score (nSPS) is 15.8. The van der Waals surface area contributed by atoms with E-state index >= 15 is 0 Å². The highest BCUT2D eigenvalue weighted by atomic mass is 32.2. The Morgan fingerprint density at radius 3 is 2.63 bits per heavy atom. The lowest BCUT2D eigenvalue weighted by atomic mass is 10.2. The largest absolute Gasteiger partial charge is 0.495 e. The first-order valence-electron chi connectivity index (χ1n) is 6.30. The maximum atomic E-state index is 12.5. The molecular weight excluding hydrogens is 264 g/mol. The predicted molar refractivity (Wildman–Crippen MR) is 73.7 cm³/mol. The van der Waals surface area contributed by atoms with Crippen molar-refractivity contribution in [3.8, 4) is 5.75 Å². The number of benzene rings is 1. The van der Waals surface area contributed by atoms with Crippen molar-refractivity contribution < 1.29 is 13.2 Å². The molecule has 0 unspecified atom stereocenters. The molecule has 6 heteroatoms. The third kappa shape index (κ3) is 2.91. The van der Waals surface area contributed by atoms with Crippen LogP contribution in [-0.2, 0) is 16.6 Å². The van der Waals surface area contributed by atoms with Crippen LogP contribution in [0, 0.1) is 0 Å². The van der Waals surface area contributed by atoms with Gasteiger partial charge in [-0.15, -0.1) is 0 Å². The first kappa shape index (κ1) is 14.3. The van der Waals surface area contributed by atoms with Gasteiger partial charge in [-0.2, -0.15) is 4.31 Å². The second-order valence-electron chi connectivity index (χ2n) is 4.77. The average molecular weight is 284 g/mol. The van der Waals surface area contributed by atoms with Gasteiger partial charge in [0, 0.05) is 19.6 Å². The van der Waals surface area contributed by atoms with Crippen LogP contribution in [0.1, 0.15) is 18.4 Å².